The number of nitrogens with zero attached hydrogens (tertiary/aromatic N) is 2. The maximum absolute atomic E-state index is 12.4. The molecule has 1 aliphatic heterocycles. The third-order valence-corrected chi connectivity index (χ3v) is 5.75. The minimum absolute atomic E-state index is 0.0145. The molecule has 1 N–H and O–H groups in total. The molecule has 27 heavy (non-hydrogen) atoms. The van der Waals surface area contributed by atoms with Gasteiger partial charge in [-0.25, -0.2) is 4.98 Å². The number of carbonyl (C=O) groups excluding carboxylic acids is 2. The lowest BCUT2D eigenvalue weighted by atomic mass is 10.1. The van der Waals surface area contributed by atoms with E-state index < -0.39 is 0 Å². The van der Waals surface area contributed by atoms with Crippen molar-refractivity contribution >= 4 is 23.2 Å². The van der Waals surface area contributed by atoms with E-state index in [2.05, 4.69) is 17.2 Å². The molecule has 1 aromatic carbocycles. The fourth-order valence-electron chi connectivity index (χ4n) is 2.90. The van der Waals surface area contributed by atoms with Gasteiger partial charge < -0.3 is 15.0 Å². The third kappa shape index (κ3) is 5.14. The van der Waals surface area contributed by atoms with E-state index in [0.29, 0.717) is 44.0 Å². The molecule has 2 aromatic rings. The molecule has 1 aliphatic rings. The molecule has 7 heteroatoms. The van der Waals surface area contributed by atoms with Crippen LogP contribution >= 0.6 is 11.3 Å². The van der Waals surface area contributed by atoms with E-state index in [1.165, 1.54) is 4.88 Å². The Labute approximate surface area is 163 Å². The second-order valence-corrected chi connectivity index (χ2v) is 7.88. The van der Waals surface area contributed by atoms with Crippen LogP contribution in [0.2, 0.25) is 0 Å². The normalized spacial score (nSPS) is 14.2. The van der Waals surface area contributed by atoms with Gasteiger partial charge >= 0.3 is 0 Å². The van der Waals surface area contributed by atoms with Gasteiger partial charge in [-0.05, 0) is 44.5 Å². The van der Waals surface area contributed by atoms with Crippen molar-refractivity contribution in [1.29, 1.82) is 0 Å². The van der Waals surface area contributed by atoms with Crippen molar-refractivity contribution < 1.29 is 14.3 Å². The maximum atomic E-state index is 12.4. The van der Waals surface area contributed by atoms with Gasteiger partial charge in [-0.1, -0.05) is 0 Å². The molecule has 2 amide bonds. The molecule has 144 valence electrons. The molecule has 1 saturated heterocycles. The Hall–Kier alpha value is -2.25. The Bertz CT molecular complexity index is 776. The standard InChI is InChI=1S/C20H25N3O3S/c1-14-15(2)27-18(22-14)4-3-9-21-19(24)16-5-7-17(8-6-16)20(25)23-10-12-26-13-11-23/h5-8H,3-4,9-13H2,1-2H3,(H,21,24). The summed E-state index contributed by atoms with van der Waals surface area (Å²) in [5.74, 6) is -0.133. The number of rotatable bonds is 6. The average molecular weight is 388 g/mol. The predicted octanol–water partition coefficient (Wildman–Crippen LogP) is 2.59. The van der Waals surface area contributed by atoms with E-state index in [0.717, 1.165) is 23.5 Å². The summed E-state index contributed by atoms with van der Waals surface area (Å²) in [4.78, 5) is 32.2. The van der Waals surface area contributed by atoms with E-state index in [1.54, 1.807) is 40.5 Å². The molecule has 1 aromatic heterocycles. The lowest BCUT2D eigenvalue weighted by molar-refractivity contribution is 0.0303. The van der Waals surface area contributed by atoms with Crippen molar-refractivity contribution in [3.05, 3.63) is 51.0 Å². The Morgan fingerprint density at radius 3 is 2.44 bits per heavy atom. The average Bonchev–Trinajstić information content (AvgIpc) is 3.02. The van der Waals surface area contributed by atoms with Gasteiger partial charge in [0.25, 0.3) is 11.8 Å². The lowest BCUT2D eigenvalue weighted by Crippen LogP contribution is -2.40. The molecule has 0 radical (unpaired) electrons. The first-order valence-corrected chi connectivity index (χ1v) is 10.0. The Kier molecular flexibility index (Phi) is 6.58. The number of benzene rings is 1. The summed E-state index contributed by atoms with van der Waals surface area (Å²) < 4.78 is 5.27. The molecule has 3 rings (SSSR count). The number of ether oxygens (including phenoxy) is 1. The minimum atomic E-state index is -0.119. The molecule has 0 unspecified atom stereocenters. The highest BCUT2D eigenvalue weighted by Crippen LogP contribution is 2.17. The van der Waals surface area contributed by atoms with Gasteiger partial charge in [0.1, 0.15) is 0 Å². The quantitative estimate of drug-likeness (QED) is 0.774. The van der Waals surface area contributed by atoms with Crippen LogP contribution in [0.3, 0.4) is 0 Å². The summed E-state index contributed by atoms with van der Waals surface area (Å²) in [6.07, 6.45) is 1.72. The maximum Gasteiger partial charge on any atom is 0.254 e. The van der Waals surface area contributed by atoms with Crippen LogP contribution in [0.25, 0.3) is 0 Å². The van der Waals surface area contributed by atoms with E-state index >= 15 is 0 Å². The molecule has 0 aliphatic carbocycles. The number of hydrogen-bond donors (Lipinski definition) is 1. The molecule has 0 spiro atoms. The van der Waals surface area contributed by atoms with Crippen molar-refractivity contribution in [3.8, 4) is 0 Å². The lowest BCUT2D eigenvalue weighted by Gasteiger charge is -2.26. The summed E-state index contributed by atoms with van der Waals surface area (Å²) in [5.41, 5.74) is 2.25. The van der Waals surface area contributed by atoms with E-state index in [1.807, 2.05) is 6.92 Å². The van der Waals surface area contributed by atoms with Gasteiger partial charge in [-0.15, -0.1) is 11.3 Å². The summed E-state index contributed by atoms with van der Waals surface area (Å²) in [6.45, 7) is 7.07. The van der Waals surface area contributed by atoms with Crippen molar-refractivity contribution in [2.45, 2.75) is 26.7 Å². The molecular weight excluding hydrogens is 362 g/mol. The van der Waals surface area contributed by atoms with E-state index in [-0.39, 0.29) is 11.8 Å². The van der Waals surface area contributed by atoms with Gasteiger partial charge in [-0.3, -0.25) is 9.59 Å². The Morgan fingerprint density at radius 1 is 1.15 bits per heavy atom. The molecule has 0 bridgehead atoms. The summed E-state index contributed by atoms with van der Waals surface area (Å²) in [6, 6.07) is 6.84. The van der Waals surface area contributed by atoms with Crippen LogP contribution in [-0.4, -0.2) is 54.5 Å². The highest BCUT2D eigenvalue weighted by Gasteiger charge is 2.18. The van der Waals surface area contributed by atoms with Crippen molar-refractivity contribution in [2.75, 3.05) is 32.8 Å². The van der Waals surface area contributed by atoms with Crippen LogP contribution in [0, 0.1) is 13.8 Å². The first kappa shape index (κ1) is 19.5. The van der Waals surface area contributed by atoms with Crippen LogP contribution in [0.5, 0.6) is 0 Å². The van der Waals surface area contributed by atoms with Crippen LogP contribution < -0.4 is 5.32 Å². The van der Waals surface area contributed by atoms with Crippen LogP contribution in [0.15, 0.2) is 24.3 Å². The largest absolute Gasteiger partial charge is 0.378 e. The number of aryl methyl sites for hydroxylation is 3. The van der Waals surface area contributed by atoms with Gasteiger partial charge in [0, 0.05) is 42.1 Å². The van der Waals surface area contributed by atoms with Gasteiger partial charge in [0.05, 0.1) is 23.9 Å². The number of morpholine rings is 1. The first-order valence-electron chi connectivity index (χ1n) is 9.23. The zero-order valence-electron chi connectivity index (χ0n) is 15.8. The molecule has 0 atom stereocenters. The molecule has 1 fully saturated rings. The molecule has 2 heterocycles. The SMILES string of the molecule is Cc1nc(CCCNC(=O)c2ccc(C(=O)N3CCOCC3)cc2)sc1C. The fraction of sp³-hybridized carbons (Fsp3) is 0.450. The summed E-state index contributed by atoms with van der Waals surface area (Å²) in [7, 11) is 0. The van der Waals surface area contributed by atoms with E-state index in [9.17, 15) is 9.59 Å². The van der Waals surface area contributed by atoms with Crippen molar-refractivity contribution in [3.63, 3.8) is 0 Å². The van der Waals surface area contributed by atoms with Crippen molar-refractivity contribution in [2.24, 2.45) is 0 Å². The third-order valence-electron chi connectivity index (χ3n) is 4.62. The zero-order valence-corrected chi connectivity index (χ0v) is 16.6. The zero-order chi connectivity index (χ0) is 19.2. The second-order valence-electron chi connectivity index (χ2n) is 6.59. The van der Waals surface area contributed by atoms with Crippen molar-refractivity contribution in [1.82, 2.24) is 15.2 Å². The fourth-order valence-corrected chi connectivity index (χ4v) is 3.88. The molecular formula is C20H25N3O3S. The number of hydrogen-bond acceptors (Lipinski definition) is 5. The highest BCUT2D eigenvalue weighted by molar-refractivity contribution is 7.11. The van der Waals surface area contributed by atoms with Gasteiger partial charge in [0.2, 0.25) is 0 Å². The monoisotopic (exact) mass is 387 g/mol. The summed E-state index contributed by atoms with van der Waals surface area (Å²) in [5, 5.41) is 4.04. The number of amides is 2. The van der Waals surface area contributed by atoms with Gasteiger partial charge in [-0.2, -0.15) is 0 Å². The minimum Gasteiger partial charge on any atom is -0.378 e. The topological polar surface area (TPSA) is 71.5 Å². The van der Waals surface area contributed by atoms with Crippen LogP contribution in [0.4, 0.5) is 0 Å². The Balaban J connectivity index is 1.46. The van der Waals surface area contributed by atoms with Gasteiger partial charge in [0.15, 0.2) is 0 Å². The summed E-state index contributed by atoms with van der Waals surface area (Å²) >= 11 is 1.72. The number of aromatic nitrogens is 1. The number of nitrogens with one attached hydrogen (secondary N) is 1. The second kappa shape index (κ2) is 9.10. The Morgan fingerprint density at radius 2 is 1.81 bits per heavy atom. The number of thiazole rings is 1. The highest BCUT2D eigenvalue weighted by atomic mass is 32.1. The first-order chi connectivity index (χ1) is 13.0. The predicted molar refractivity (Wildman–Crippen MR) is 105 cm³/mol. The van der Waals surface area contributed by atoms with Crippen LogP contribution in [0.1, 0.15) is 42.7 Å². The molecule has 0 saturated carbocycles. The van der Waals surface area contributed by atoms with Crippen LogP contribution in [-0.2, 0) is 11.2 Å². The van der Waals surface area contributed by atoms with E-state index in [4.69, 9.17) is 4.74 Å². The number of carbonyl (C=O) groups is 2. The smallest absolute Gasteiger partial charge is 0.254 e. The molecule has 6 nitrogen and oxygen atoms in total.